The summed E-state index contributed by atoms with van der Waals surface area (Å²) >= 11 is 1.16. The molecular weight excluding hydrogens is 234 g/mol. The number of ether oxygens (including phenoxy) is 1. The Labute approximate surface area is 109 Å². The van der Waals surface area contributed by atoms with Crippen molar-refractivity contribution >= 4 is 17.7 Å². The number of thiocyanates is 1. The summed E-state index contributed by atoms with van der Waals surface area (Å²) in [6, 6.07) is 0. The molecule has 1 unspecified atom stereocenters. The van der Waals surface area contributed by atoms with Gasteiger partial charge in [-0.3, -0.25) is 4.79 Å². The maximum atomic E-state index is 10.9. The fourth-order valence-electron chi connectivity index (χ4n) is 1.69. The van der Waals surface area contributed by atoms with Crippen LogP contribution in [0.4, 0.5) is 0 Å². The smallest absolute Gasteiger partial charge is 0.302 e. The topological polar surface area (TPSA) is 50.1 Å². The number of rotatable bonds is 10. The highest BCUT2D eigenvalue weighted by molar-refractivity contribution is 8.03. The predicted molar refractivity (Wildman–Crippen MR) is 71.6 cm³/mol. The summed E-state index contributed by atoms with van der Waals surface area (Å²) in [6.45, 7) is 3.63. The normalized spacial score (nSPS) is 11.8. The van der Waals surface area contributed by atoms with Gasteiger partial charge in [-0.05, 0) is 24.6 Å². The maximum absolute atomic E-state index is 10.9. The van der Waals surface area contributed by atoms with Gasteiger partial charge in [0.05, 0.1) is 0 Å². The quantitative estimate of drug-likeness (QED) is 0.338. The third-order valence-electron chi connectivity index (χ3n) is 2.55. The average molecular weight is 257 g/mol. The fraction of sp³-hybridized carbons (Fsp3) is 0.846. The number of carbonyl (C=O) groups is 1. The van der Waals surface area contributed by atoms with Crippen LogP contribution in [0.3, 0.4) is 0 Å². The van der Waals surface area contributed by atoms with E-state index in [4.69, 9.17) is 10.00 Å². The number of nitriles is 1. The van der Waals surface area contributed by atoms with Crippen molar-refractivity contribution < 1.29 is 9.53 Å². The number of nitrogens with zero attached hydrogens (tertiary/aromatic N) is 1. The second kappa shape index (κ2) is 11.8. The molecule has 98 valence electrons. The molecule has 0 aromatic carbocycles. The average Bonchev–Trinajstić information content (AvgIpc) is 2.29. The van der Waals surface area contributed by atoms with Gasteiger partial charge in [0.1, 0.15) is 11.5 Å². The Morgan fingerprint density at radius 2 is 1.94 bits per heavy atom. The van der Waals surface area contributed by atoms with E-state index in [2.05, 4.69) is 6.92 Å². The Morgan fingerprint density at radius 1 is 1.29 bits per heavy atom. The van der Waals surface area contributed by atoms with E-state index < -0.39 is 0 Å². The van der Waals surface area contributed by atoms with Crippen molar-refractivity contribution in [2.45, 2.75) is 64.9 Å². The van der Waals surface area contributed by atoms with E-state index in [9.17, 15) is 4.79 Å². The van der Waals surface area contributed by atoms with E-state index >= 15 is 0 Å². The van der Waals surface area contributed by atoms with Crippen molar-refractivity contribution in [2.24, 2.45) is 0 Å². The molecule has 0 saturated heterocycles. The van der Waals surface area contributed by atoms with Crippen LogP contribution in [-0.4, -0.2) is 17.8 Å². The number of hydrogen-bond acceptors (Lipinski definition) is 4. The van der Waals surface area contributed by atoms with Crippen molar-refractivity contribution in [1.29, 1.82) is 5.26 Å². The minimum atomic E-state index is -0.250. The van der Waals surface area contributed by atoms with Crippen LogP contribution >= 0.6 is 11.8 Å². The first-order valence-electron chi connectivity index (χ1n) is 6.38. The molecule has 0 aliphatic rings. The molecule has 0 N–H and O–H groups in total. The molecule has 0 bridgehead atoms. The highest BCUT2D eigenvalue weighted by Gasteiger charge is 2.11. The maximum Gasteiger partial charge on any atom is 0.302 e. The predicted octanol–water partition coefficient (Wildman–Crippen LogP) is 3.88. The van der Waals surface area contributed by atoms with Gasteiger partial charge < -0.3 is 4.74 Å². The lowest BCUT2D eigenvalue weighted by molar-refractivity contribution is -0.145. The van der Waals surface area contributed by atoms with E-state index in [1.54, 1.807) is 0 Å². The molecule has 3 nitrogen and oxygen atoms in total. The Morgan fingerprint density at radius 3 is 2.53 bits per heavy atom. The minimum Gasteiger partial charge on any atom is -0.462 e. The number of carbonyl (C=O) groups excluding carboxylic acids is 1. The summed E-state index contributed by atoms with van der Waals surface area (Å²) in [5.41, 5.74) is 0. The summed E-state index contributed by atoms with van der Waals surface area (Å²) < 4.78 is 5.17. The summed E-state index contributed by atoms with van der Waals surface area (Å²) in [4.78, 5) is 10.9. The van der Waals surface area contributed by atoms with Crippen molar-refractivity contribution in [1.82, 2.24) is 0 Å². The first-order chi connectivity index (χ1) is 8.20. The van der Waals surface area contributed by atoms with Crippen LogP contribution in [0.2, 0.25) is 0 Å². The molecule has 0 saturated carbocycles. The number of thioether (sulfide) groups is 1. The molecule has 0 radical (unpaired) electrons. The Balaban J connectivity index is 3.61. The van der Waals surface area contributed by atoms with E-state index in [0.717, 1.165) is 24.6 Å². The van der Waals surface area contributed by atoms with Crippen molar-refractivity contribution in [2.75, 3.05) is 5.75 Å². The SMILES string of the molecule is CCCCCCCCC(CSC#N)OC(C)=O. The van der Waals surface area contributed by atoms with Crippen LogP contribution in [0.5, 0.6) is 0 Å². The molecule has 0 rings (SSSR count). The molecule has 0 aromatic heterocycles. The van der Waals surface area contributed by atoms with Gasteiger partial charge >= 0.3 is 5.97 Å². The zero-order valence-corrected chi connectivity index (χ0v) is 11.7. The number of unbranched alkanes of at least 4 members (excludes halogenated alkanes) is 5. The Hall–Kier alpha value is -0.690. The lowest BCUT2D eigenvalue weighted by atomic mass is 10.1. The molecule has 0 heterocycles. The van der Waals surface area contributed by atoms with Gasteiger partial charge in [-0.25, -0.2) is 0 Å². The standard InChI is InChI=1S/C13H23NO2S/c1-3-4-5-6-7-8-9-13(10-17-11-14)16-12(2)15/h13H,3-10H2,1-2H3. The van der Waals surface area contributed by atoms with Crippen LogP contribution in [0.25, 0.3) is 0 Å². The molecule has 1 atom stereocenters. The fourth-order valence-corrected chi connectivity index (χ4v) is 2.19. The molecule has 0 amide bonds. The second-order valence-electron chi connectivity index (χ2n) is 4.19. The van der Waals surface area contributed by atoms with Gasteiger partial charge in [0.25, 0.3) is 0 Å². The Bertz CT molecular complexity index is 238. The highest BCUT2D eigenvalue weighted by atomic mass is 32.2. The van der Waals surface area contributed by atoms with E-state index in [-0.39, 0.29) is 12.1 Å². The molecule has 0 spiro atoms. The second-order valence-corrected chi connectivity index (χ2v) is 4.99. The first kappa shape index (κ1) is 16.3. The summed E-state index contributed by atoms with van der Waals surface area (Å²) in [5.74, 6) is 0.338. The van der Waals surface area contributed by atoms with Crippen molar-refractivity contribution in [3.05, 3.63) is 0 Å². The van der Waals surface area contributed by atoms with Crippen LogP contribution < -0.4 is 0 Å². The van der Waals surface area contributed by atoms with Gasteiger partial charge in [0.15, 0.2) is 0 Å². The van der Waals surface area contributed by atoms with Gasteiger partial charge in [0.2, 0.25) is 0 Å². The zero-order chi connectivity index (χ0) is 12.9. The minimum absolute atomic E-state index is 0.0941. The Kier molecular flexibility index (Phi) is 11.3. The lowest BCUT2D eigenvalue weighted by Crippen LogP contribution is -2.18. The van der Waals surface area contributed by atoms with Crippen LogP contribution in [0.15, 0.2) is 0 Å². The van der Waals surface area contributed by atoms with E-state index in [1.807, 2.05) is 5.40 Å². The molecule has 0 aromatic rings. The van der Waals surface area contributed by atoms with E-state index in [0.29, 0.717) is 5.75 Å². The van der Waals surface area contributed by atoms with E-state index in [1.165, 1.54) is 39.0 Å². The zero-order valence-electron chi connectivity index (χ0n) is 10.9. The van der Waals surface area contributed by atoms with Crippen LogP contribution in [0, 0.1) is 10.7 Å². The molecular formula is C13H23NO2S. The summed E-state index contributed by atoms with van der Waals surface area (Å²) in [6.07, 6.45) is 8.16. The monoisotopic (exact) mass is 257 g/mol. The van der Waals surface area contributed by atoms with Crippen molar-refractivity contribution in [3.8, 4) is 5.40 Å². The molecule has 0 aliphatic carbocycles. The molecule has 0 aliphatic heterocycles. The largest absolute Gasteiger partial charge is 0.462 e. The van der Waals surface area contributed by atoms with Crippen LogP contribution in [0.1, 0.15) is 58.8 Å². The van der Waals surface area contributed by atoms with Crippen LogP contribution in [-0.2, 0) is 9.53 Å². The number of hydrogen-bond donors (Lipinski definition) is 0. The van der Waals surface area contributed by atoms with Gasteiger partial charge in [-0.1, -0.05) is 39.0 Å². The number of esters is 1. The summed E-state index contributed by atoms with van der Waals surface area (Å²) in [5, 5.41) is 10.5. The van der Waals surface area contributed by atoms with Gasteiger partial charge in [0, 0.05) is 12.7 Å². The summed E-state index contributed by atoms with van der Waals surface area (Å²) in [7, 11) is 0. The van der Waals surface area contributed by atoms with Crippen molar-refractivity contribution in [3.63, 3.8) is 0 Å². The lowest BCUT2D eigenvalue weighted by Gasteiger charge is -2.14. The third kappa shape index (κ3) is 11.6. The highest BCUT2D eigenvalue weighted by Crippen LogP contribution is 2.14. The van der Waals surface area contributed by atoms with Gasteiger partial charge in [-0.2, -0.15) is 5.26 Å². The molecule has 0 fully saturated rings. The van der Waals surface area contributed by atoms with Gasteiger partial charge in [-0.15, -0.1) is 0 Å². The molecule has 4 heteroatoms. The third-order valence-corrected chi connectivity index (χ3v) is 3.21. The first-order valence-corrected chi connectivity index (χ1v) is 7.37. The molecule has 17 heavy (non-hydrogen) atoms.